The van der Waals surface area contributed by atoms with Crippen LogP contribution in [0.3, 0.4) is 0 Å². The summed E-state index contributed by atoms with van der Waals surface area (Å²) in [5.41, 5.74) is 14.1. The predicted molar refractivity (Wildman–Crippen MR) is 79.4 cm³/mol. The Bertz CT molecular complexity index is 647. The van der Waals surface area contributed by atoms with Crippen molar-refractivity contribution in [1.29, 1.82) is 0 Å². The zero-order valence-corrected chi connectivity index (χ0v) is 11.8. The van der Waals surface area contributed by atoms with Gasteiger partial charge in [0.05, 0.1) is 11.7 Å². The lowest BCUT2D eigenvalue weighted by Crippen LogP contribution is -2.17. The van der Waals surface area contributed by atoms with E-state index in [1.807, 2.05) is 31.2 Å². The number of carbonyl (C=O) groups is 1. The van der Waals surface area contributed by atoms with Crippen molar-refractivity contribution in [3.8, 4) is 0 Å². The van der Waals surface area contributed by atoms with E-state index in [0.717, 1.165) is 5.56 Å². The van der Waals surface area contributed by atoms with Gasteiger partial charge >= 0.3 is 0 Å². The zero-order chi connectivity index (χ0) is 14.9. The first-order valence-electron chi connectivity index (χ1n) is 6.36. The molecule has 0 fully saturated rings. The lowest BCUT2D eigenvalue weighted by Gasteiger charge is -2.18. The van der Waals surface area contributed by atoms with Gasteiger partial charge in [-0.05, 0) is 25.5 Å². The molecule has 1 heterocycles. The van der Waals surface area contributed by atoms with Crippen LogP contribution in [-0.2, 0) is 7.05 Å². The number of nitrogens with two attached hydrogens (primary N) is 2. The van der Waals surface area contributed by atoms with Crippen LogP contribution < -0.4 is 16.8 Å². The number of para-hydroxylation sites is 1. The molecule has 5 N–H and O–H groups in total. The maximum Gasteiger partial charge on any atom is 0.254 e. The van der Waals surface area contributed by atoms with Gasteiger partial charge in [-0.1, -0.05) is 18.2 Å². The van der Waals surface area contributed by atoms with E-state index in [9.17, 15) is 4.79 Å². The molecule has 2 rings (SSSR count). The van der Waals surface area contributed by atoms with Crippen LogP contribution in [0.2, 0.25) is 0 Å². The molecular weight excluding hydrogens is 254 g/mol. The fourth-order valence-corrected chi connectivity index (χ4v) is 2.31. The third-order valence-electron chi connectivity index (χ3n) is 3.28. The second-order valence-electron chi connectivity index (χ2n) is 4.79. The van der Waals surface area contributed by atoms with Crippen molar-refractivity contribution in [3.05, 3.63) is 41.1 Å². The Morgan fingerprint density at radius 2 is 2.05 bits per heavy atom. The van der Waals surface area contributed by atoms with E-state index >= 15 is 0 Å². The monoisotopic (exact) mass is 273 g/mol. The minimum atomic E-state index is -0.494. The molecule has 0 bridgehead atoms. The summed E-state index contributed by atoms with van der Waals surface area (Å²) in [6.07, 6.45) is 0. The maximum atomic E-state index is 11.5. The number of primary amides is 1. The van der Waals surface area contributed by atoms with Gasteiger partial charge in [-0.3, -0.25) is 9.48 Å². The molecule has 0 aliphatic carbocycles. The highest BCUT2D eigenvalue weighted by molar-refractivity contribution is 5.99. The van der Waals surface area contributed by atoms with E-state index in [4.69, 9.17) is 11.5 Å². The SMILES string of the molecule is Cc1nn(C)c(NC(C)c2ccccc2N)c1C(N)=O. The van der Waals surface area contributed by atoms with Crippen molar-refractivity contribution < 1.29 is 4.79 Å². The molecule has 0 spiro atoms. The fraction of sp³-hybridized carbons (Fsp3) is 0.286. The number of nitrogen functional groups attached to an aromatic ring is 1. The van der Waals surface area contributed by atoms with Gasteiger partial charge in [0.25, 0.3) is 5.91 Å². The Labute approximate surface area is 117 Å². The Hall–Kier alpha value is -2.50. The number of nitrogens with one attached hydrogen (secondary N) is 1. The summed E-state index contributed by atoms with van der Waals surface area (Å²) in [6.45, 7) is 3.73. The van der Waals surface area contributed by atoms with Gasteiger partial charge in [-0.25, -0.2) is 0 Å². The highest BCUT2D eigenvalue weighted by atomic mass is 16.1. The number of hydrogen-bond donors (Lipinski definition) is 3. The average molecular weight is 273 g/mol. The number of aryl methyl sites for hydroxylation is 2. The second-order valence-corrected chi connectivity index (χ2v) is 4.79. The standard InChI is InChI=1S/C14H19N5O/c1-8(10-6-4-5-7-11(10)15)17-14-12(13(16)20)9(2)18-19(14)3/h4-8,17H,15H2,1-3H3,(H2,16,20). The number of rotatable bonds is 4. The van der Waals surface area contributed by atoms with E-state index in [1.165, 1.54) is 0 Å². The number of nitrogens with zero attached hydrogens (tertiary/aromatic N) is 2. The van der Waals surface area contributed by atoms with Crippen LogP contribution in [0.15, 0.2) is 24.3 Å². The summed E-state index contributed by atoms with van der Waals surface area (Å²) in [7, 11) is 1.77. The van der Waals surface area contributed by atoms with Crippen molar-refractivity contribution in [1.82, 2.24) is 9.78 Å². The first kappa shape index (κ1) is 13.9. The molecule has 1 amide bonds. The van der Waals surface area contributed by atoms with Gasteiger partial charge in [-0.2, -0.15) is 5.10 Å². The van der Waals surface area contributed by atoms with Crippen LogP contribution >= 0.6 is 0 Å². The molecule has 1 aromatic heterocycles. The van der Waals surface area contributed by atoms with Crippen molar-refractivity contribution in [2.24, 2.45) is 12.8 Å². The van der Waals surface area contributed by atoms with Gasteiger partial charge in [0.1, 0.15) is 11.4 Å². The Morgan fingerprint density at radius 1 is 1.40 bits per heavy atom. The van der Waals surface area contributed by atoms with Crippen molar-refractivity contribution >= 4 is 17.4 Å². The van der Waals surface area contributed by atoms with Crippen LogP contribution in [-0.4, -0.2) is 15.7 Å². The number of benzene rings is 1. The van der Waals surface area contributed by atoms with Gasteiger partial charge in [-0.15, -0.1) is 0 Å². The third kappa shape index (κ3) is 2.45. The van der Waals surface area contributed by atoms with Gasteiger partial charge < -0.3 is 16.8 Å². The van der Waals surface area contributed by atoms with E-state index in [-0.39, 0.29) is 6.04 Å². The number of amides is 1. The number of aromatic nitrogens is 2. The number of carbonyl (C=O) groups excluding carboxylic acids is 1. The van der Waals surface area contributed by atoms with Crippen LogP contribution in [0, 0.1) is 6.92 Å². The smallest absolute Gasteiger partial charge is 0.254 e. The molecule has 1 atom stereocenters. The lowest BCUT2D eigenvalue weighted by atomic mass is 10.1. The van der Waals surface area contributed by atoms with Gasteiger partial charge in [0.2, 0.25) is 0 Å². The molecule has 20 heavy (non-hydrogen) atoms. The molecule has 0 aliphatic rings. The normalized spacial score (nSPS) is 12.2. The first-order chi connectivity index (χ1) is 9.41. The lowest BCUT2D eigenvalue weighted by molar-refractivity contribution is 0.100. The largest absolute Gasteiger partial charge is 0.398 e. The molecule has 2 aromatic rings. The summed E-state index contributed by atoms with van der Waals surface area (Å²) >= 11 is 0. The van der Waals surface area contributed by atoms with Crippen LogP contribution in [0.5, 0.6) is 0 Å². The Morgan fingerprint density at radius 3 is 2.65 bits per heavy atom. The quantitative estimate of drug-likeness (QED) is 0.736. The summed E-state index contributed by atoms with van der Waals surface area (Å²) in [5.74, 6) is 0.108. The number of hydrogen-bond acceptors (Lipinski definition) is 4. The summed E-state index contributed by atoms with van der Waals surface area (Å²) < 4.78 is 1.62. The minimum absolute atomic E-state index is 0.0656. The van der Waals surface area contributed by atoms with Gasteiger partial charge in [0.15, 0.2) is 0 Å². The summed E-state index contributed by atoms with van der Waals surface area (Å²) in [5, 5.41) is 7.48. The van der Waals surface area contributed by atoms with Crippen LogP contribution in [0.25, 0.3) is 0 Å². The van der Waals surface area contributed by atoms with Crippen molar-refractivity contribution in [2.75, 3.05) is 11.1 Å². The van der Waals surface area contributed by atoms with Crippen molar-refractivity contribution in [3.63, 3.8) is 0 Å². The molecule has 106 valence electrons. The van der Waals surface area contributed by atoms with Gasteiger partial charge in [0, 0.05) is 12.7 Å². The molecule has 6 nitrogen and oxygen atoms in total. The predicted octanol–water partition coefficient (Wildman–Crippen LogP) is 1.58. The second kappa shape index (κ2) is 5.24. The van der Waals surface area contributed by atoms with Crippen LogP contribution in [0.1, 0.15) is 34.6 Å². The average Bonchev–Trinajstić information content (AvgIpc) is 2.64. The maximum absolute atomic E-state index is 11.5. The molecule has 6 heteroatoms. The van der Waals surface area contributed by atoms with E-state index < -0.39 is 5.91 Å². The molecule has 1 aromatic carbocycles. The number of anilines is 2. The fourth-order valence-electron chi connectivity index (χ4n) is 2.31. The highest BCUT2D eigenvalue weighted by Crippen LogP contribution is 2.26. The molecule has 0 saturated carbocycles. The van der Waals surface area contributed by atoms with Crippen LogP contribution in [0.4, 0.5) is 11.5 Å². The molecule has 1 unspecified atom stereocenters. The Kier molecular flexibility index (Phi) is 3.65. The summed E-state index contributed by atoms with van der Waals surface area (Å²) in [4.78, 5) is 11.5. The molecule has 0 saturated heterocycles. The molecular formula is C14H19N5O. The third-order valence-corrected chi connectivity index (χ3v) is 3.28. The minimum Gasteiger partial charge on any atom is -0.398 e. The Balaban J connectivity index is 2.36. The molecule has 0 aliphatic heterocycles. The topological polar surface area (TPSA) is 99.0 Å². The van der Waals surface area contributed by atoms with Crippen molar-refractivity contribution in [2.45, 2.75) is 19.9 Å². The summed E-state index contributed by atoms with van der Waals surface area (Å²) in [6, 6.07) is 7.53. The van der Waals surface area contributed by atoms with E-state index in [1.54, 1.807) is 18.7 Å². The molecule has 0 radical (unpaired) electrons. The zero-order valence-electron chi connectivity index (χ0n) is 11.8. The highest BCUT2D eigenvalue weighted by Gasteiger charge is 2.20. The van der Waals surface area contributed by atoms with E-state index in [2.05, 4.69) is 10.4 Å². The van der Waals surface area contributed by atoms with E-state index in [0.29, 0.717) is 22.8 Å². The first-order valence-corrected chi connectivity index (χ1v) is 6.36.